The lowest BCUT2D eigenvalue weighted by atomic mass is 9.92. The molecule has 148 valence electrons. The highest BCUT2D eigenvalue weighted by Gasteiger charge is 2.37. The molecule has 1 aromatic carbocycles. The molecule has 0 unspecified atom stereocenters. The van der Waals surface area contributed by atoms with Crippen LogP contribution in [-0.4, -0.2) is 42.1 Å². The number of fused-ring (bicyclic) bond motifs is 1. The van der Waals surface area contributed by atoms with Crippen molar-refractivity contribution in [3.8, 4) is 0 Å². The molecule has 2 aliphatic rings. The first-order valence-corrected chi connectivity index (χ1v) is 9.37. The van der Waals surface area contributed by atoms with Crippen molar-refractivity contribution in [1.82, 2.24) is 9.88 Å². The number of anilines is 2. The summed E-state index contributed by atoms with van der Waals surface area (Å²) < 4.78 is 40.4. The van der Waals surface area contributed by atoms with Gasteiger partial charge < -0.3 is 15.1 Å². The molecule has 4 rings (SSSR count). The first kappa shape index (κ1) is 18.6. The monoisotopic (exact) mass is 390 g/mol. The van der Waals surface area contributed by atoms with Crippen molar-refractivity contribution < 1.29 is 18.0 Å². The number of pyridine rings is 1. The van der Waals surface area contributed by atoms with Gasteiger partial charge in [0.15, 0.2) is 23.3 Å². The highest BCUT2D eigenvalue weighted by Crippen LogP contribution is 2.33. The minimum Gasteiger partial charge on any atom is -0.354 e. The van der Waals surface area contributed by atoms with Gasteiger partial charge in [-0.25, -0.2) is 22.9 Å². The summed E-state index contributed by atoms with van der Waals surface area (Å²) in [5, 5.41) is 2.63. The fourth-order valence-corrected chi connectivity index (χ4v) is 4.11. The average molecular weight is 390 g/mol. The molecule has 3 heterocycles. The van der Waals surface area contributed by atoms with E-state index in [0.29, 0.717) is 43.8 Å². The third-order valence-electron chi connectivity index (χ3n) is 5.61. The van der Waals surface area contributed by atoms with E-state index in [0.717, 1.165) is 25.0 Å². The van der Waals surface area contributed by atoms with E-state index in [4.69, 9.17) is 0 Å². The summed E-state index contributed by atoms with van der Waals surface area (Å²) >= 11 is 0. The molecule has 2 aliphatic heterocycles. The number of benzene rings is 1. The third-order valence-corrected chi connectivity index (χ3v) is 5.61. The highest BCUT2D eigenvalue weighted by atomic mass is 19.2. The molecule has 0 saturated carbocycles. The normalized spacial score (nSPS) is 22.0. The van der Waals surface area contributed by atoms with Crippen LogP contribution in [0.5, 0.6) is 0 Å². The van der Waals surface area contributed by atoms with Gasteiger partial charge in [-0.05, 0) is 48.9 Å². The number of aromatic nitrogens is 1. The first-order chi connectivity index (χ1) is 13.5. The van der Waals surface area contributed by atoms with E-state index >= 15 is 0 Å². The molecule has 0 bridgehead atoms. The van der Waals surface area contributed by atoms with Crippen LogP contribution in [0.4, 0.5) is 29.5 Å². The molecule has 2 atom stereocenters. The van der Waals surface area contributed by atoms with Gasteiger partial charge in [0.25, 0.3) is 0 Å². The van der Waals surface area contributed by atoms with Gasteiger partial charge in [-0.2, -0.15) is 0 Å². The van der Waals surface area contributed by atoms with Crippen LogP contribution >= 0.6 is 0 Å². The van der Waals surface area contributed by atoms with Crippen LogP contribution < -0.4 is 10.2 Å². The van der Waals surface area contributed by atoms with E-state index in [9.17, 15) is 18.0 Å². The van der Waals surface area contributed by atoms with Crippen molar-refractivity contribution in [3.05, 3.63) is 54.0 Å². The summed E-state index contributed by atoms with van der Waals surface area (Å²) in [5.41, 5.74) is 0.229. The van der Waals surface area contributed by atoms with E-state index in [1.807, 2.05) is 4.90 Å². The number of rotatable bonds is 2. The van der Waals surface area contributed by atoms with Crippen molar-refractivity contribution in [3.63, 3.8) is 0 Å². The van der Waals surface area contributed by atoms with Crippen molar-refractivity contribution in [2.24, 2.45) is 11.8 Å². The highest BCUT2D eigenvalue weighted by molar-refractivity contribution is 5.89. The largest absolute Gasteiger partial charge is 0.354 e. The molecule has 1 aromatic heterocycles. The molecular weight excluding hydrogens is 369 g/mol. The summed E-state index contributed by atoms with van der Waals surface area (Å²) in [4.78, 5) is 20.3. The number of nitrogens with one attached hydrogen (secondary N) is 1. The number of hydrogen-bond acceptors (Lipinski definition) is 3. The van der Waals surface area contributed by atoms with Crippen molar-refractivity contribution >= 4 is 17.5 Å². The summed E-state index contributed by atoms with van der Waals surface area (Å²) in [6.45, 7) is 2.57. The Morgan fingerprint density at radius 1 is 1.00 bits per heavy atom. The zero-order chi connectivity index (χ0) is 19.7. The Labute approximate surface area is 161 Å². The van der Waals surface area contributed by atoms with E-state index < -0.39 is 11.6 Å². The number of carbonyl (C=O) groups is 1. The van der Waals surface area contributed by atoms with Gasteiger partial charge in [-0.3, -0.25) is 0 Å². The van der Waals surface area contributed by atoms with Crippen LogP contribution in [0.3, 0.4) is 0 Å². The third kappa shape index (κ3) is 3.76. The summed E-state index contributed by atoms with van der Waals surface area (Å²) in [6, 6.07) is 5.98. The molecule has 0 spiro atoms. The molecule has 2 saturated heterocycles. The molecule has 28 heavy (non-hydrogen) atoms. The van der Waals surface area contributed by atoms with Gasteiger partial charge in [-0.15, -0.1) is 0 Å². The molecule has 2 aromatic rings. The Balaban J connectivity index is 1.36. The second-order valence-electron chi connectivity index (χ2n) is 7.36. The van der Waals surface area contributed by atoms with Gasteiger partial charge in [-0.1, -0.05) is 0 Å². The number of amides is 2. The lowest BCUT2D eigenvalue weighted by molar-refractivity contribution is 0.219. The predicted molar refractivity (Wildman–Crippen MR) is 99.6 cm³/mol. The van der Waals surface area contributed by atoms with Crippen LogP contribution in [0.15, 0.2) is 36.5 Å². The summed E-state index contributed by atoms with van der Waals surface area (Å²) in [6.07, 6.45) is 3.28. The van der Waals surface area contributed by atoms with E-state index in [1.165, 1.54) is 12.1 Å². The van der Waals surface area contributed by atoms with Crippen LogP contribution in [-0.2, 0) is 0 Å². The molecule has 0 aliphatic carbocycles. The Morgan fingerprint density at radius 2 is 1.71 bits per heavy atom. The second kappa shape index (κ2) is 7.69. The lowest BCUT2D eigenvalue weighted by Crippen LogP contribution is -2.34. The van der Waals surface area contributed by atoms with Crippen molar-refractivity contribution in [1.29, 1.82) is 0 Å². The number of urea groups is 1. The van der Waals surface area contributed by atoms with E-state index in [1.54, 1.807) is 17.2 Å². The van der Waals surface area contributed by atoms with Gasteiger partial charge in [0.1, 0.15) is 0 Å². The molecule has 0 radical (unpaired) electrons. The molecule has 5 nitrogen and oxygen atoms in total. The maximum atomic E-state index is 14.0. The number of carbonyl (C=O) groups excluding carboxylic acids is 1. The van der Waals surface area contributed by atoms with Crippen molar-refractivity contribution in [2.75, 3.05) is 36.4 Å². The lowest BCUT2D eigenvalue weighted by Gasteiger charge is -2.23. The summed E-state index contributed by atoms with van der Waals surface area (Å²) in [5.74, 6) is -1.22. The molecular formula is C20H21F3N4O. The summed E-state index contributed by atoms with van der Waals surface area (Å²) in [7, 11) is 0. The van der Waals surface area contributed by atoms with Gasteiger partial charge >= 0.3 is 6.03 Å². The average Bonchev–Trinajstić information content (AvgIpc) is 2.99. The quantitative estimate of drug-likeness (QED) is 0.847. The number of nitrogens with zero attached hydrogens (tertiary/aromatic N) is 3. The number of hydrogen-bond donors (Lipinski definition) is 1. The Hall–Kier alpha value is -2.77. The van der Waals surface area contributed by atoms with Crippen LogP contribution in [0.1, 0.15) is 12.8 Å². The molecule has 1 N–H and O–H groups in total. The van der Waals surface area contributed by atoms with E-state index in [2.05, 4.69) is 10.3 Å². The minimum atomic E-state index is -0.994. The number of halogens is 3. The van der Waals surface area contributed by atoms with Gasteiger partial charge in [0.2, 0.25) is 0 Å². The van der Waals surface area contributed by atoms with Crippen molar-refractivity contribution in [2.45, 2.75) is 12.8 Å². The van der Waals surface area contributed by atoms with E-state index in [-0.39, 0.29) is 17.5 Å². The van der Waals surface area contributed by atoms with Crippen LogP contribution in [0.2, 0.25) is 0 Å². The molecule has 2 amide bonds. The molecule has 2 fully saturated rings. The minimum absolute atomic E-state index is 0.229. The maximum absolute atomic E-state index is 14.0. The van der Waals surface area contributed by atoms with Gasteiger partial charge in [0.05, 0.1) is 0 Å². The maximum Gasteiger partial charge on any atom is 0.321 e. The zero-order valence-electron chi connectivity index (χ0n) is 15.2. The zero-order valence-corrected chi connectivity index (χ0v) is 15.2. The Morgan fingerprint density at radius 3 is 2.36 bits per heavy atom. The first-order valence-electron chi connectivity index (χ1n) is 9.37. The van der Waals surface area contributed by atoms with Gasteiger partial charge in [0, 0.05) is 44.1 Å². The standard InChI is InChI=1S/C20H21F3N4O/c21-16-4-3-15(10-18(16)23)25-20(28)27-11-13-5-8-26(9-6-14(13)12-27)19-17(22)2-1-7-24-19/h1-4,7,10,13-14H,5-6,8-9,11-12H2,(H,25,28)/t13-,14+. The smallest absolute Gasteiger partial charge is 0.321 e. The van der Waals surface area contributed by atoms with Crippen LogP contribution in [0, 0.1) is 29.3 Å². The van der Waals surface area contributed by atoms with Crippen LogP contribution in [0.25, 0.3) is 0 Å². The Bertz CT molecular complexity index is 862. The Kier molecular flexibility index (Phi) is 5.11. The fraction of sp³-hybridized carbons (Fsp3) is 0.400. The fourth-order valence-electron chi connectivity index (χ4n) is 4.11. The number of likely N-dealkylation sites (tertiary alicyclic amines) is 1. The topological polar surface area (TPSA) is 48.5 Å². The predicted octanol–water partition coefficient (Wildman–Crippen LogP) is 3.88. The second-order valence-corrected chi connectivity index (χ2v) is 7.36. The SMILES string of the molecule is O=C(Nc1ccc(F)c(F)c1)N1C[C@H]2CCN(c3ncccc3F)CC[C@H]2C1. The molecule has 8 heteroatoms.